The van der Waals surface area contributed by atoms with Crippen LogP contribution < -0.4 is 15.8 Å². The van der Waals surface area contributed by atoms with E-state index in [0.29, 0.717) is 18.9 Å². The van der Waals surface area contributed by atoms with Gasteiger partial charge in [-0.2, -0.15) is 0 Å². The van der Waals surface area contributed by atoms with Crippen molar-refractivity contribution in [2.24, 2.45) is 11.7 Å². The molecule has 1 aromatic rings. The highest BCUT2D eigenvalue weighted by atomic mass is 16.6. The molecule has 1 amide bonds. The van der Waals surface area contributed by atoms with Gasteiger partial charge in [0.2, 0.25) is 5.91 Å². The predicted octanol–water partition coefficient (Wildman–Crippen LogP) is 2.31. The van der Waals surface area contributed by atoms with Gasteiger partial charge in [0.1, 0.15) is 11.4 Å². The van der Waals surface area contributed by atoms with Crippen molar-refractivity contribution < 1.29 is 14.5 Å². The lowest BCUT2D eigenvalue weighted by Gasteiger charge is -2.12. The molecule has 7 nitrogen and oxygen atoms in total. The van der Waals surface area contributed by atoms with Gasteiger partial charge < -0.3 is 15.8 Å². The van der Waals surface area contributed by atoms with E-state index in [0.717, 1.165) is 6.42 Å². The van der Waals surface area contributed by atoms with Crippen LogP contribution in [0.5, 0.6) is 5.75 Å². The molecule has 0 spiro atoms. The number of rotatable bonds is 8. The van der Waals surface area contributed by atoms with E-state index in [2.05, 4.69) is 5.32 Å². The predicted molar refractivity (Wildman–Crippen MR) is 80.3 cm³/mol. The molecule has 0 aliphatic rings. The van der Waals surface area contributed by atoms with E-state index < -0.39 is 4.92 Å². The Morgan fingerprint density at radius 1 is 1.48 bits per heavy atom. The Bertz CT molecular complexity index is 501. The van der Waals surface area contributed by atoms with Gasteiger partial charge in [-0.25, -0.2) is 0 Å². The third-order valence-corrected chi connectivity index (χ3v) is 3.14. The molecule has 0 aliphatic heterocycles. The number of nitro benzene ring substituents is 1. The van der Waals surface area contributed by atoms with Crippen LogP contribution in [-0.4, -0.2) is 24.0 Å². The molecule has 116 valence electrons. The number of carbonyl (C=O) groups is 1. The number of nitro groups is 1. The summed E-state index contributed by atoms with van der Waals surface area (Å²) in [5.74, 6) is 0.196. The molecule has 21 heavy (non-hydrogen) atoms. The molecule has 0 aliphatic carbocycles. The molecule has 1 unspecified atom stereocenters. The van der Waals surface area contributed by atoms with Crippen LogP contribution in [0.3, 0.4) is 0 Å². The first-order valence-corrected chi connectivity index (χ1v) is 6.92. The molecule has 0 saturated carbocycles. The maximum absolute atomic E-state index is 11.9. The van der Waals surface area contributed by atoms with Gasteiger partial charge in [-0.15, -0.1) is 0 Å². The van der Waals surface area contributed by atoms with Crippen molar-refractivity contribution in [2.45, 2.75) is 26.7 Å². The van der Waals surface area contributed by atoms with Gasteiger partial charge in [0, 0.05) is 6.42 Å². The van der Waals surface area contributed by atoms with Crippen molar-refractivity contribution in [1.82, 2.24) is 0 Å². The highest BCUT2D eigenvalue weighted by Crippen LogP contribution is 2.29. The second-order valence-electron chi connectivity index (χ2n) is 4.63. The minimum Gasteiger partial charge on any atom is -0.494 e. The summed E-state index contributed by atoms with van der Waals surface area (Å²) >= 11 is 0. The van der Waals surface area contributed by atoms with E-state index in [1.165, 1.54) is 12.1 Å². The molecule has 0 fully saturated rings. The molecule has 1 rings (SSSR count). The molecular formula is C14H21N3O4. The monoisotopic (exact) mass is 295 g/mol. The van der Waals surface area contributed by atoms with Crippen molar-refractivity contribution >= 4 is 17.3 Å². The minimum atomic E-state index is -0.543. The largest absolute Gasteiger partial charge is 0.494 e. The Balaban J connectivity index is 2.87. The number of hydrogen-bond donors (Lipinski definition) is 2. The molecule has 3 N–H and O–H groups in total. The number of hydrogen-bond acceptors (Lipinski definition) is 5. The van der Waals surface area contributed by atoms with E-state index in [4.69, 9.17) is 10.5 Å². The van der Waals surface area contributed by atoms with E-state index in [9.17, 15) is 14.9 Å². The van der Waals surface area contributed by atoms with Crippen molar-refractivity contribution in [1.29, 1.82) is 0 Å². The van der Waals surface area contributed by atoms with Gasteiger partial charge in [0.15, 0.2) is 0 Å². The first-order chi connectivity index (χ1) is 10.0. The average Bonchev–Trinajstić information content (AvgIpc) is 2.46. The van der Waals surface area contributed by atoms with Crippen molar-refractivity contribution in [3.05, 3.63) is 28.3 Å². The molecule has 0 bridgehead atoms. The number of nitrogens with zero attached hydrogens (tertiary/aromatic N) is 1. The summed E-state index contributed by atoms with van der Waals surface area (Å²) in [5, 5.41) is 13.6. The number of ether oxygens (including phenoxy) is 1. The summed E-state index contributed by atoms with van der Waals surface area (Å²) in [6.45, 7) is 4.57. The Morgan fingerprint density at radius 3 is 2.71 bits per heavy atom. The van der Waals surface area contributed by atoms with E-state index >= 15 is 0 Å². The Morgan fingerprint density at radius 2 is 2.19 bits per heavy atom. The molecule has 0 heterocycles. The first-order valence-electron chi connectivity index (χ1n) is 6.92. The third kappa shape index (κ3) is 5.03. The van der Waals surface area contributed by atoms with Crippen LogP contribution in [-0.2, 0) is 4.79 Å². The van der Waals surface area contributed by atoms with Crippen molar-refractivity contribution in [2.75, 3.05) is 18.5 Å². The second-order valence-corrected chi connectivity index (χ2v) is 4.63. The lowest BCUT2D eigenvalue weighted by atomic mass is 10.0. The fourth-order valence-electron chi connectivity index (χ4n) is 1.88. The van der Waals surface area contributed by atoms with Gasteiger partial charge in [-0.3, -0.25) is 14.9 Å². The molecule has 0 radical (unpaired) electrons. The quantitative estimate of drug-likeness (QED) is 0.565. The Hall–Kier alpha value is -2.15. The number of anilines is 1. The Kier molecular flexibility index (Phi) is 6.61. The zero-order chi connectivity index (χ0) is 15.8. The minimum absolute atomic E-state index is 0.0757. The summed E-state index contributed by atoms with van der Waals surface area (Å²) in [5.41, 5.74) is 5.53. The summed E-state index contributed by atoms with van der Waals surface area (Å²) in [4.78, 5) is 22.4. The highest BCUT2D eigenvalue weighted by molar-refractivity contribution is 5.93. The normalized spacial score (nSPS) is 11.8. The highest BCUT2D eigenvalue weighted by Gasteiger charge is 2.18. The first kappa shape index (κ1) is 16.9. The van der Waals surface area contributed by atoms with Crippen LogP contribution in [0.15, 0.2) is 18.2 Å². The van der Waals surface area contributed by atoms with E-state index in [1.54, 1.807) is 13.0 Å². The number of nitrogens with one attached hydrogen (secondary N) is 1. The Labute approximate surface area is 123 Å². The van der Waals surface area contributed by atoms with E-state index in [1.807, 2.05) is 6.92 Å². The third-order valence-electron chi connectivity index (χ3n) is 3.14. The molecular weight excluding hydrogens is 274 g/mol. The number of nitrogens with two attached hydrogens (primary N) is 1. The van der Waals surface area contributed by atoms with Gasteiger partial charge >= 0.3 is 0 Å². The molecule has 0 saturated heterocycles. The fraction of sp³-hybridized carbons (Fsp3) is 0.500. The van der Waals surface area contributed by atoms with Crippen LogP contribution in [0.25, 0.3) is 0 Å². The van der Waals surface area contributed by atoms with Gasteiger partial charge in [-0.1, -0.05) is 13.3 Å². The van der Waals surface area contributed by atoms with Crippen LogP contribution >= 0.6 is 0 Å². The number of benzene rings is 1. The smallest absolute Gasteiger partial charge is 0.296 e. The van der Waals surface area contributed by atoms with Crippen molar-refractivity contribution in [3.63, 3.8) is 0 Å². The zero-order valence-electron chi connectivity index (χ0n) is 12.3. The maximum atomic E-state index is 11.9. The van der Waals surface area contributed by atoms with Crippen LogP contribution in [0, 0.1) is 16.0 Å². The van der Waals surface area contributed by atoms with Gasteiger partial charge in [0.25, 0.3) is 5.69 Å². The number of amides is 1. The summed E-state index contributed by atoms with van der Waals surface area (Å²) < 4.78 is 5.22. The second kappa shape index (κ2) is 8.21. The average molecular weight is 295 g/mol. The lowest BCUT2D eigenvalue weighted by Crippen LogP contribution is -2.22. The number of carbonyl (C=O) groups excluding carboxylic acids is 1. The summed E-state index contributed by atoms with van der Waals surface area (Å²) in [6.07, 6.45) is 1.03. The maximum Gasteiger partial charge on any atom is 0.296 e. The van der Waals surface area contributed by atoms with Crippen LogP contribution in [0.1, 0.15) is 26.7 Å². The SMILES string of the molecule is CCOc1ccc(NC(=O)CC(CC)CN)c([N+](=O)[O-])c1. The molecule has 0 aromatic heterocycles. The molecule has 7 heteroatoms. The van der Waals surface area contributed by atoms with Gasteiger partial charge in [0.05, 0.1) is 17.6 Å². The van der Waals surface area contributed by atoms with E-state index in [-0.39, 0.29) is 29.6 Å². The standard InChI is InChI=1S/C14H21N3O4/c1-3-10(9-15)7-14(18)16-12-6-5-11(21-4-2)8-13(12)17(19)20/h5-6,8,10H,3-4,7,9,15H2,1-2H3,(H,16,18). The van der Waals surface area contributed by atoms with Crippen molar-refractivity contribution in [3.8, 4) is 5.75 Å². The fourth-order valence-corrected chi connectivity index (χ4v) is 1.88. The summed E-state index contributed by atoms with van der Waals surface area (Å²) in [6, 6.07) is 4.37. The molecule has 1 aromatic carbocycles. The summed E-state index contributed by atoms with van der Waals surface area (Å²) in [7, 11) is 0. The topological polar surface area (TPSA) is 107 Å². The van der Waals surface area contributed by atoms with Crippen LogP contribution in [0.2, 0.25) is 0 Å². The van der Waals surface area contributed by atoms with Gasteiger partial charge in [-0.05, 0) is 31.5 Å². The lowest BCUT2D eigenvalue weighted by molar-refractivity contribution is -0.384. The zero-order valence-corrected chi connectivity index (χ0v) is 12.3. The van der Waals surface area contributed by atoms with Crippen LogP contribution in [0.4, 0.5) is 11.4 Å². The molecule has 1 atom stereocenters.